The topological polar surface area (TPSA) is 92.4 Å². The fraction of sp³-hybridized carbons (Fsp3) is 0.500. The van der Waals surface area contributed by atoms with E-state index in [4.69, 9.17) is 5.73 Å². The van der Waals surface area contributed by atoms with Crippen LogP contribution in [0, 0.1) is 0 Å². The Morgan fingerprint density at radius 2 is 1.89 bits per heavy atom. The highest BCUT2D eigenvalue weighted by molar-refractivity contribution is 9.10. The van der Waals surface area contributed by atoms with Crippen molar-refractivity contribution in [2.45, 2.75) is 42.7 Å². The summed E-state index contributed by atoms with van der Waals surface area (Å²) in [4.78, 5) is 0.0907. The van der Waals surface area contributed by atoms with Gasteiger partial charge in [0.1, 0.15) is 4.90 Å². The summed E-state index contributed by atoms with van der Waals surface area (Å²) in [5.41, 5.74) is 5.95. The van der Waals surface area contributed by atoms with Gasteiger partial charge in [-0.05, 0) is 43.9 Å². The molecule has 0 amide bonds. The number of aliphatic hydroxyl groups is 1. The van der Waals surface area contributed by atoms with Crippen LogP contribution in [-0.4, -0.2) is 25.7 Å². The SMILES string of the molecule is Nc1ccc(Br)cc1S(=O)(=O)NC1CCC(O)CC1. The van der Waals surface area contributed by atoms with Crippen molar-refractivity contribution >= 4 is 31.6 Å². The smallest absolute Gasteiger partial charge is 0.242 e. The molecule has 1 aromatic carbocycles. The lowest BCUT2D eigenvalue weighted by atomic mass is 9.94. The standard InChI is InChI=1S/C12H17BrN2O3S/c13-8-1-6-11(14)12(7-8)19(17,18)15-9-2-4-10(16)5-3-9/h1,6-7,9-10,15-16H,2-5,14H2. The third kappa shape index (κ3) is 3.68. The van der Waals surface area contributed by atoms with Crippen LogP contribution in [0.15, 0.2) is 27.6 Å². The first-order chi connectivity index (χ1) is 8.88. The Balaban J connectivity index is 2.16. The average Bonchev–Trinajstić information content (AvgIpc) is 2.35. The number of aliphatic hydroxyl groups excluding tert-OH is 1. The molecule has 0 spiro atoms. The van der Waals surface area contributed by atoms with Crippen LogP contribution in [-0.2, 0) is 10.0 Å². The zero-order valence-electron chi connectivity index (χ0n) is 10.3. The van der Waals surface area contributed by atoms with Crippen molar-refractivity contribution in [1.82, 2.24) is 4.72 Å². The summed E-state index contributed by atoms with van der Waals surface area (Å²) in [6, 6.07) is 4.62. The molecule has 106 valence electrons. The van der Waals surface area contributed by atoms with Gasteiger partial charge in [-0.3, -0.25) is 0 Å². The molecule has 1 aliphatic rings. The molecule has 2 rings (SSSR count). The van der Waals surface area contributed by atoms with Crippen LogP contribution in [0.2, 0.25) is 0 Å². The van der Waals surface area contributed by atoms with Gasteiger partial charge in [-0.2, -0.15) is 0 Å². The molecule has 0 aliphatic heterocycles. The third-order valence-corrected chi connectivity index (χ3v) is 5.35. The van der Waals surface area contributed by atoms with E-state index in [-0.39, 0.29) is 22.7 Å². The van der Waals surface area contributed by atoms with Crippen molar-refractivity contribution < 1.29 is 13.5 Å². The van der Waals surface area contributed by atoms with Crippen LogP contribution in [0.1, 0.15) is 25.7 Å². The molecule has 1 aromatic rings. The maximum atomic E-state index is 12.3. The van der Waals surface area contributed by atoms with Gasteiger partial charge in [0, 0.05) is 10.5 Å². The molecule has 1 saturated carbocycles. The summed E-state index contributed by atoms with van der Waals surface area (Å²) in [6.07, 6.45) is 2.24. The Morgan fingerprint density at radius 3 is 2.53 bits per heavy atom. The molecule has 0 atom stereocenters. The molecule has 5 nitrogen and oxygen atoms in total. The van der Waals surface area contributed by atoms with Crippen molar-refractivity contribution in [3.63, 3.8) is 0 Å². The molecule has 0 heterocycles. The van der Waals surface area contributed by atoms with E-state index < -0.39 is 10.0 Å². The fourth-order valence-electron chi connectivity index (χ4n) is 2.22. The Morgan fingerprint density at radius 1 is 1.26 bits per heavy atom. The van der Waals surface area contributed by atoms with Crippen LogP contribution in [0.4, 0.5) is 5.69 Å². The minimum Gasteiger partial charge on any atom is -0.398 e. The number of hydrogen-bond donors (Lipinski definition) is 3. The van der Waals surface area contributed by atoms with Crippen LogP contribution in [0.5, 0.6) is 0 Å². The average molecular weight is 349 g/mol. The van der Waals surface area contributed by atoms with E-state index >= 15 is 0 Å². The quantitative estimate of drug-likeness (QED) is 0.723. The fourth-order valence-corrected chi connectivity index (χ4v) is 4.19. The first-order valence-corrected chi connectivity index (χ1v) is 8.41. The van der Waals surface area contributed by atoms with Crippen LogP contribution in [0.25, 0.3) is 0 Å². The van der Waals surface area contributed by atoms with Gasteiger partial charge < -0.3 is 10.8 Å². The summed E-state index contributed by atoms with van der Waals surface area (Å²) in [7, 11) is -3.62. The van der Waals surface area contributed by atoms with E-state index in [1.165, 1.54) is 6.07 Å². The Labute approximate surface area is 121 Å². The first kappa shape index (κ1) is 14.8. The molecule has 0 aromatic heterocycles. The number of rotatable bonds is 3. The highest BCUT2D eigenvalue weighted by Gasteiger charge is 2.26. The van der Waals surface area contributed by atoms with E-state index in [9.17, 15) is 13.5 Å². The summed E-state index contributed by atoms with van der Waals surface area (Å²) in [6.45, 7) is 0. The molecule has 0 saturated heterocycles. The number of sulfonamides is 1. The second kappa shape index (κ2) is 5.78. The molecule has 4 N–H and O–H groups in total. The van der Waals surface area contributed by atoms with E-state index in [0.29, 0.717) is 30.2 Å². The third-order valence-electron chi connectivity index (χ3n) is 3.28. The lowest BCUT2D eigenvalue weighted by Crippen LogP contribution is -2.38. The maximum absolute atomic E-state index is 12.3. The van der Waals surface area contributed by atoms with Gasteiger partial charge in [0.25, 0.3) is 0 Å². The normalized spacial score (nSPS) is 24.3. The number of nitrogens with one attached hydrogen (secondary N) is 1. The number of nitrogens with two attached hydrogens (primary N) is 1. The molecule has 1 aliphatic carbocycles. The second-order valence-electron chi connectivity index (χ2n) is 4.81. The molecular weight excluding hydrogens is 332 g/mol. The highest BCUT2D eigenvalue weighted by atomic mass is 79.9. The minimum absolute atomic E-state index is 0.0907. The van der Waals surface area contributed by atoms with Crippen LogP contribution >= 0.6 is 15.9 Å². The molecule has 0 unspecified atom stereocenters. The van der Waals surface area contributed by atoms with Crippen LogP contribution in [0.3, 0.4) is 0 Å². The Kier molecular flexibility index (Phi) is 4.50. The van der Waals surface area contributed by atoms with Crippen molar-refractivity contribution in [2.24, 2.45) is 0 Å². The zero-order valence-corrected chi connectivity index (χ0v) is 12.7. The number of benzene rings is 1. The maximum Gasteiger partial charge on any atom is 0.242 e. The monoisotopic (exact) mass is 348 g/mol. The van der Waals surface area contributed by atoms with Crippen LogP contribution < -0.4 is 10.5 Å². The van der Waals surface area contributed by atoms with Crippen molar-refractivity contribution in [2.75, 3.05) is 5.73 Å². The number of nitrogen functional groups attached to an aromatic ring is 1. The number of anilines is 1. The zero-order chi connectivity index (χ0) is 14.0. The Hall–Kier alpha value is -0.630. The van der Waals surface area contributed by atoms with E-state index in [1.54, 1.807) is 12.1 Å². The molecular formula is C12H17BrN2O3S. The summed E-state index contributed by atoms with van der Waals surface area (Å²) >= 11 is 3.24. The highest BCUT2D eigenvalue weighted by Crippen LogP contribution is 2.25. The molecule has 19 heavy (non-hydrogen) atoms. The van der Waals surface area contributed by atoms with Crippen molar-refractivity contribution in [1.29, 1.82) is 0 Å². The molecule has 0 radical (unpaired) electrons. The molecule has 1 fully saturated rings. The predicted molar refractivity (Wildman–Crippen MR) is 77.1 cm³/mol. The van der Waals surface area contributed by atoms with E-state index in [1.807, 2.05) is 0 Å². The van der Waals surface area contributed by atoms with Gasteiger partial charge in [-0.1, -0.05) is 15.9 Å². The first-order valence-electron chi connectivity index (χ1n) is 6.14. The molecule has 0 bridgehead atoms. The van der Waals surface area contributed by atoms with E-state index in [2.05, 4.69) is 20.7 Å². The van der Waals surface area contributed by atoms with Crippen molar-refractivity contribution in [3.05, 3.63) is 22.7 Å². The number of halogens is 1. The number of hydrogen-bond acceptors (Lipinski definition) is 4. The lowest BCUT2D eigenvalue weighted by Gasteiger charge is -2.26. The van der Waals surface area contributed by atoms with Gasteiger partial charge in [-0.25, -0.2) is 13.1 Å². The minimum atomic E-state index is -3.62. The summed E-state index contributed by atoms with van der Waals surface area (Å²) < 4.78 is 27.9. The second-order valence-corrected chi connectivity index (χ2v) is 7.41. The van der Waals surface area contributed by atoms with Crippen molar-refractivity contribution in [3.8, 4) is 0 Å². The van der Waals surface area contributed by atoms with E-state index in [0.717, 1.165) is 0 Å². The van der Waals surface area contributed by atoms with Gasteiger partial charge in [0.05, 0.1) is 11.8 Å². The summed E-state index contributed by atoms with van der Waals surface area (Å²) in [5.74, 6) is 0. The lowest BCUT2D eigenvalue weighted by molar-refractivity contribution is 0.120. The van der Waals surface area contributed by atoms with Gasteiger partial charge >= 0.3 is 0 Å². The largest absolute Gasteiger partial charge is 0.398 e. The molecule has 7 heteroatoms. The van der Waals surface area contributed by atoms with Gasteiger partial charge in [0.2, 0.25) is 10.0 Å². The Bertz CT molecular complexity index is 554. The van der Waals surface area contributed by atoms with Gasteiger partial charge in [0.15, 0.2) is 0 Å². The van der Waals surface area contributed by atoms with Gasteiger partial charge in [-0.15, -0.1) is 0 Å². The summed E-state index contributed by atoms with van der Waals surface area (Å²) in [5, 5.41) is 9.42. The predicted octanol–water partition coefficient (Wildman–Crippen LogP) is 1.61.